The summed E-state index contributed by atoms with van der Waals surface area (Å²) in [6.07, 6.45) is 18.9. The van der Waals surface area contributed by atoms with Crippen LogP contribution in [0.5, 0.6) is 46.0 Å². The minimum Gasteiger partial charge on any atom is -0.508 e. The van der Waals surface area contributed by atoms with Crippen molar-refractivity contribution in [3.8, 4) is 57.1 Å². The first-order chi connectivity index (χ1) is 71.5. The Morgan fingerprint density at radius 1 is 0.289 bits per heavy atom. The van der Waals surface area contributed by atoms with Crippen molar-refractivity contribution in [1.29, 1.82) is 0 Å². The maximum Gasteiger partial charge on any atom is 0.260 e. The second kappa shape index (κ2) is 40.1. The highest BCUT2D eigenvalue weighted by atomic mass is 16.3. The SMILES string of the molecule is Cc1cc(C2(c3ccc(O)c(C)c3)CCCCC2)ccc1O.Cc1ccc(C2(c3ccc(O)cc3)CC(C)CC(C)(C)C2)cc1.Cc1ccc(C2(c3ccc(O)cc3)CC3CC2C2CCCC32)cc1.Cc1ccc(C2(c3ccc(O)cc3)c3ccccc3-c3ccccc32)cc1.Cc1ccc2c(c1)C1(CC2(C)C)CC(C)(C)c2ccc(O)cc21.O=C1c2ccccc2C(c2ccc(O)cc2)(c2ccc(O)cc2)N1c1ccccc1. The zero-order chi connectivity index (χ0) is 104. The predicted molar refractivity (Wildman–Crippen MR) is 605 cm³/mol. The molecule has 2 bridgehead atoms. The molecule has 0 saturated heterocycles. The maximum atomic E-state index is 13.7. The number of fused-ring (bicyclic) bond motifs is 13. The van der Waals surface area contributed by atoms with Gasteiger partial charge in [0, 0.05) is 32.9 Å². The van der Waals surface area contributed by atoms with Gasteiger partial charge in [-0.2, -0.15) is 0 Å². The lowest BCUT2D eigenvalue weighted by atomic mass is 9.55. The van der Waals surface area contributed by atoms with Crippen LogP contribution in [0.25, 0.3) is 11.1 Å². The fourth-order valence-corrected chi connectivity index (χ4v) is 29.6. The van der Waals surface area contributed by atoms with E-state index in [-0.39, 0.29) is 61.1 Å². The Balaban J connectivity index is 0.000000109. The number of amides is 1. The molecule has 9 aliphatic rings. The first-order valence-corrected chi connectivity index (χ1v) is 53.9. The zero-order valence-corrected chi connectivity index (χ0v) is 88.6. The second-order valence-electron chi connectivity index (χ2n) is 47.0. The second-order valence-corrected chi connectivity index (χ2v) is 47.0. The molecule has 10 nitrogen and oxygen atoms in total. The molecule has 8 N–H and O–H groups in total. The summed E-state index contributed by atoms with van der Waals surface area (Å²) in [5, 5.41) is 79.0. The van der Waals surface area contributed by atoms with E-state index in [4.69, 9.17) is 0 Å². The van der Waals surface area contributed by atoms with E-state index >= 15 is 0 Å². The molecule has 16 aromatic carbocycles. The summed E-state index contributed by atoms with van der Waals surface area (Å²) >= 11 is 0. The van der Waals surface area contributed by atoms with Crippen LogP contribution >= 0.6 is 0 Å². The highest BCUT2D eigenvalue weighted by Gasteiger charge is 2.63. The first-order valence-electron chi connectivity index (χ1n) is 53.9. The normalized spacial score (nSPS) is 22.1. The average molecular weight is 1970 g/mol. The Hall–Kier alpha value is -14.6. The van der Waals surface area contributed by atoms with E-state index < -0.39 is 5.54 Å². The van der Waals surface area contributed by atoms with Gasteiger partial charge in [-0.3, -0.25) is 9.69 Å². The van der Waals surface area contributed by atoms with E-state index in [9.17, 15) is 45.6 Å². The molecule has 149 heavy (non-hydrogen) atoms. The number of aromatic hydroxyl groups is 8. The summed E-state index contributed by atoms with van der Waals surface area (Å²) in [5.74, 6) is 6.60. The number of benzene rings is 16. The molecule has 25 rings (SSSR count). The third-order valence-corrected chi connectivity index (χ3v) is 35.6. The largest absolute Gasteiger partial charge is 0.508 e. The zero-order valence-electron chi connectivity index (χ0n) is 88.6. The van der Waals surface area contributed by atoms with E-state index in [2.05, 4.69) is 270 Å². The number of anilines is 1. The van der Waals surface area contributed by atoms with Gasteiger partial charge in [-0.1, -0.05) is 363 Å². The van der Waals surface area contributed by atoms with Crippen molar-refractivity contribution in [2.45, 2.75) is 230 Å². The number of phenolic OH excluding ortho intramolecular Hbond substituents is 8. The Morgan fingerprint density at radius 2 is 0.671 bits per heavy atom. The van der Waals surface area contributed by atoms with Crippen LogP contribution in [-0.2, 0) is 43.4 Å². The molecule has 8 aliphatic carbocycles. The Bertz CT molecular complexity index is 7190. The molecule has 0 radical (unpaired) electrons. The number of para-hydroxylation sites is 1. The summed E-state index contributed by atoms with van der Waals surface area (Å²) in [5.41, 5.74) is 32.1. The van der Waals surface area contributed by atoms with Crippen LogP contribution in [0, 0.1) is 76.5 Å². The van der Waals surface area contributed by atoms with Gasteiger partial charge in [-0.05, 0) is 378 Å². The van der Waals surface area contributed by atoms with Crippen molar-refractivity contribution in [3.05, 3.63) is 504 Å². The van der Waals surface area contributed by atoms with Crippen molar-refractivity contribution in [2.75, 3.05) is 4.90 Å². The van der Waals surface area contributed by atoms with Crippen molar-refractivity contribution < 1.29 is 45.6 Å². The molecule has 1 aliphatic heterocycles. The van der Waals surface area contributed by atoms with Gasteiger partial charge >= 0.3 is 0 Å². The molecule has 5 saturated carbocycles. The van der Waals surface area contributed by atoms with Gasteiger partial charge in [-0.15, -0.1) is 0 Å². The van der Waals surface area contributed by atoms with Gasteiger partial charge in [0.1, 0.15) is 51.5 Å². The van der Waals surface area contributed by atoms with E-state index in [0.29, 0.717) is 45.6 Å². The fourth-order valence-electron chi connectivity index (χ4n) is 29.6. The Morgan fingerprint density at radius 3 is 1.15 bits per heavy atom. The number of hydrogen-bond donors (Lipinski definition) is 8. The summed E-state index contributed by atoms with van der Waals surface area (Å²) < 4.78 is 0. The van der Waals surface area contributed by atoms with Crippen LogP contribution in [0.2, 0.25) is 0 Å². The van der Waals surface area contributed by atoms with Gasteiger partial charge < -0.3 is 40.9 Å². The van der Waals surface area contributed by atoms with E-state index in [1.165, 1.54) is 175 Å². The summed E-state index contributed by atoms with van der Waals surface area (Å²) in [4.78, 5) is 15.5. The smallest absolute Gasteiger partial charge is 0.260 e. The van der Waals surface area contributed by atoms with Crippen LogP contribution in [-0.4, -0.2) is 46.8 Å². The highest BCUT2D eigenvalue weighted by Crippen LogP contribution is 2.70. The molecular weight excluding hydrogens is 1830 g/mol. The van der Waals surface area contributed by atoms with Gasteiger partial charge in [-0.25, -0.2) is 0 Å². The number of aryl methyl sites for hydroxylation is 6. The van der Waals surface area contributed by atoms with Crippen molar-refractivity contribution >= 4 is 11.6 Å². The quantitative estimate of drug-likeness (QED) is 0.0625. The number of rotatable bonds is 11. The highest BCUT2D eigenvalue weighted by molar-refractivity contribution is 6.14. The molecule has 1 heterocycles. The van der Waals surface area contributed by atoms with Gasteiger partial charge in [0.2, 0.25) is 0 Å². The average Bonchev–Trinajstić information content (AvgIpc) is 1.52. The summed E-state index contributed by atoms with van der Waals surface area (Å²) in [6, 6.07) is 124. The van der Waals surface area contributed by atoms with Crippen LogP contribution in [0.4, 0.5) is 5.69 Å². The molecule has 758 valence electrons. The van der Waals surface area contributed by atoms with Crippen molar-refractivity contribution in [2.24, 2.45) is 35.0 Å². The lowest BCUT2D eigenvalue weighted by Gasteiger charge is -2.48. The van der Waals surface area contributed by atoms with Crippen LogP contribution in [0.1, 0.15) is 283 Å². The molecule has 1 amide bonds. The third-order valence-electron chi connectivity index (χ3n) is 35.6. The Labute approximate surface area is 881 Å². The first kappa shape index (κ1) is 102. The molecular formula is C139H143NO9. The minimum atomic E-state index is -0.948. The Kier molecular flexibility index (Phi) is 27.4. The van der Waals surface area contributed by atoms with Gasteiger partial charge in [0.15, 0.2) is 0 Å². The third kappa shape index (κ3) is 18.4. The van der Waals surface area contributed by atoms with Crippen molar-refractivity contribution in [1.82, 2.24) is 0 Å². The van der Waals surface area contributed by atoms with E-state index in [1.807, 2.05) is 153 Å². The molecule has 0 aromatic heterocycles. The number of hydrogen-bond acceptors (Lipinski definition) is 9. The number of nitrogens with zero attached hydrogens (tertiary/aromatic N) is 1. The van der Waals surface area contributed by atoms with Crippen molar-refractivity contribution in [3.63, 3.8) is 0 Å². The molecule has 10 heteroatoms. The fraction of sp³-hybridized carbons (Fsp3) is 0.302. The summed E-state index contributed by atoms with van der Waals surface area (Å²) in [6.45, 7) is 29.1. The molecule has 8 unspecified atom stereocenters. The summed E-state index contributed by atoms with van der Waals surface area (Å²) in [7, 11) is 0. The van der Waals surface area contributed by atoms with Gasteiger partial charge in [0.05, 0.1) is 5.41 Å². The van der Waals surface area contributed by atoms with Crippen LogP contribution in [0.15, 0.2) is 370 Å². The number of phenols is 8. The lowest BCUT2D eigenvalue weighted by Crippen LogP contribution is -2.46. The minimum absolute atomic E-state index is 0.00910. The molecule has 1 spiro atoms. The van der Waals surface area contributed by atoms with Crippen LogP contribution < -0.4 is 4.90 Å². The number of carbonyl (C=O) groups is 1. The van der Waals surface area contributed by atoms with Gasteiger partial charge in [0.25, 0.3) is 5.91 Å². The van der Waals surface area contributed by atoms with Crippen LogP contribution in [0.3, 0.4) is 0 Å². The molecule has 5 fully saturated rings. The predicted octanol–water partition coefficient (Wildman–Crippen LogP) is 32.7. The topological polar surface area (TPSA) is 182 Å². The van der Waals surface area contributed by atoms with E-state index in [1.54, 1.807) is 41.3 Å². The molecule has 8 atom stereocenters. The monoisotopic (exact) mass is 1970 g/mol. The lowest BCUT2D eigenvalue weighted by molar-refractivity contribution is 0.0986. The standard InChI is InChI=1S/C26H19NO3.C26H20O.C23H26O.C22H26O.C22H28O.C20H24O2/c28-21-14-10-18(11-15-21)26(19-12-16-22(29)17-13-19)24-9-5-4-8-23(24)25(30)27(26)20-6-2-1-3-7-20;1-18-10-12-19(13-11-18)26(20-14-16-21(27)17-15-20)24-8-4-2-6-22(24)23-7-3-5-9-25(23)26;1-15-5-7-17(8-6-15)23(18-9-11-19(24)12-10-18)14-16-13-22(23)21-4-2-3-20(16)21;1-14-6-8-16-18(10-14)22(12-20(16,2)3)13-21(4,5)17-9-7-15(23)11-19(17)22;1-16-5-7-18(8-6-16)22(19-9-11-20(23)12-10-19)14-17(2)13-21(3,4)15-22;1-14-12-16(6-8-18(14)21)20(10-4-3-5-11-20)17-7-9-19(22)15(2)13-17/h1-17,28-29H;2-17,27H,1H3;5-12,16,20-22,24H,2-4,13-14H2,1H3;6-11,23H,12-13H2,1-5H3;5-12,17,23H,13-15H2,1-4H3;6-9,12-13,21-22H,3-5,10-11H2,1-2H3. The maximum absolute atomic E-state index is 13.7. The van der Waals surface area contributed by atoms with E-state index in [0.717, 1.165) is 89.3 Å². The molecule has 16 aromatic rings. The number of carbonyl (C=O) groups excluding carboxylic acids is 1.